The highest BCUT2D eigenvalue weighted by molar-refractivity contribution is 5.97. The number of carbonyl (C=O) groups excluding carboxylic acids is 6. The predicted octanol–water partition coefficient (Wildman–Crippen LogP) is -0.347. The van der Waals surface area contributed by atoms with Crippen LogP contribution in [0.25, 0.3) is 0 Å². The van der Waals surface area contributed by atoms with Crippen molar-refractivity contribution in [1.29, 1.82) is 0 Å². The zero-order valence-corrected chi connectivity index (χ0v) is 31.7. The molecule has 55 heavy (non-hydrogen) atoms. The first-order valence-electron chi connectivity index (χ1n) is 17.8. The zero-order valence-electron chi connectivity index (χ0n) is 31.7. The van der Waals surface area contributed by atoms with Gasteiger partial charge in [0.1, 0.15) is 36.3 Å². The second-order valence-corrected chi connectivity index (χ2v) is 13.9. The van der Waals surface area contributed by atoms with Crippen LogP contribution < -0.4 is 31.9 Å². The maximum absolute atomic E-state index is 13.3. The van der Waals surface area contributed by atoms with E-state index in [-0.39, 0.29) is 12.8 Å². The number of hydrogen-bond donors (Lipinski definition) is 9. The number of carboxylic acid groups (broad SMARTS) is 2. The van der Waals surface area contributed by atoms with Crippen molar-refractivity contribution >= 4 is 47.4 Å². The Balaban J connectivity index is 2.11. The minimum absolute atomic E-state index is 0.0282. The van der Waals surface area contributed by atoms with Gasteiger partial charge in [-0.25, -0.2) is 4.79 Å². The van der Waals surface area contributed by atoms with Crippen LogP contribution in [0.5, 0.6) is 0 Å². The number of aliphatic hydroxyl groups is 1. The molecule has 0 saturated carbocycles. The molecule has 17 nitrogen and oxygen atoms in total. The third kappa shape index (κ3) is 15.2. The maximum Gasteiger partial charge on any atom is 0.326 e. The van der Waals surface area contributed by atoms with Gasteiger partial charge in [-0.3, -0.25) is 33.6 Å². The summed E-state index contributed by atoms with van der Waals surface area (Å²) in [6.07, 6.45) is -2.42. The number of amides is 6. The van der Waals surface area contributed by atoms with Gasteiger partial charge in [0.05, 0.1) is 18.9 Å². The highest BCUT2D eigenvalue weighted by atomic mass is 16.4. The molecule has 0 aliphatic rings. The van der Waals surface area contributed by atoms with Gasteiger partial charge in [-0.1, -0.05) is 88.4 Å². The topological polar surface area (TPSA) is 269 Å². The van der Waals surface area contributed by atoms with Crippen molar-refractivity contribution in [2.75, 3.05) is 0 Å². The van der Waals surface area contributed by atoms with Crippen molar-refractivity contribution in [2.24, 2.45) is 11.8 Å². The van der Waals surface area contributed by atoms with E-state index in [0.717, 1.165) is 0 Å². The monoisotopic (exact) mass is 768 g/mol. The minimum atomic E-state index is -1.68. The Morgan fingerprint density at radius 3 is 1.49 bits per heavy atom. The first-order chi connectivity index (χ1) is 25.8. The number of aliphatic carboxylic acids is 2. The molecule has 0 aliphatic carbocycles. The molecule has 0 radical (unpaired) electrons. The van der Waals surface area contributed by atoms with Gasteiger partial charge in [0.2, 0.25) is 35.4 Å². The fourth-order valence-electron chi connectivity index (χ4n) is 5.25. The highest BCUT2D eigenvalue weighted by Crippen LogP contribution is 2.10. The summed E-state index contributed by atoms with van der Waals surface area (Å²) in [5.41, 5.74) is 1.35. The molecule has 0 heterocycles. The third-order valence-corrected chi connectivity index (χ3v) is 8.49. The average Bonchev–Trinajstić information content (AvgIpc) is 3.11. The molecule has 2 rings (SSSR count). The van der Waals surface area contributed by atoms with Crippen molar-refractivity contribution in [2.45, 2.75) is 103 Å². The van der Waals surface area contributed by atoms with Crippen LogP contribution in [0, 0.1) is 11.8 Å². The summed E-state index contributed by atoms with van der Waals surface area (Å²) in [5.74, 6) is -8.99. The first-order valence-corrected chi connectivity index (χ1v) is 17.8. The summed E-state index contributed by atoms with van der Waals surface area (Å²) in [4.78, 5) is 102. The largest absolute Gasteiger partial charge is 0.481 e. The predicted molar refractivity (Wildman–Crippen MR) is 199 cm³/mol. The first kappa shape index (κ1) is 45.3. The van der Waals surface area contributed by atoms with Gasteiger partial charge >= 0.3 is 11.9 Å². The van der Waals surface area contributed by atoms with Gasteiger partial charge in [0, 0.05) is 6.42 Å². The molecule has 2 aromatic rings. The van der Waals surface area contributed by atoms with E-state index in [1.54, 1.807) is 88.4 Å². The van der Waals surface area contributed by atoms with E-state index in [0.29, 0.717) is 11.1 Å². The number of rotatable bonds is 21. The Morgan fingerprint density at radius 2 is 1.00 bits per heavy atom. The number of carbonyl (C=O) groups is 8. The Morgan fingerprint density at radius 1 is 0.527 bits per heavy atom. The summed E-state index contributed by atoms with van der Waals surface area (Å²) >= 11 is 0. The lowest BCUT2D eigenvalue weighted by Crippen LogP contribution is -2.61. The van der Waals surface area contributed by atoms with E-state index >= 15 is 0 Å². The molecule has 17 heteroatoms. The van der Waals surface area contributed by atoms with Crippen molar-refractivity contribution < 1.29 is 53.7 Å². The van der Waals surface area contributed by atoms with Crippen LogP contribution in [0.15, 0.2) is 60.7 Å². The minimum Gasteiger partial charge on any atom is -0.481 e. The summed E-state index contributed by atoms with van der Waals surface area (Å²) in [7, 11) is 0. The molecule has 9 N–H and O–H groups in total. The molecule has 0 bridgehead atoms. The Labute approximate surface area is 319 Å². The van der Waals surface area contributed by atoms with Gasteiger partial charge in [0.25, 0.3) is 0 Å². The molecular formula is C38H52N6O11. The molecule has 0 spiro atoms. The molecule has 6 amide bonds. The van der Waals surface area contributed by atoms with E-state index in [9.17, 15) is 53.7 Å². The molecule has 0 saturated heterocycles. The smallest absolute Gasteiger partial charge is 0.326 e. The summed E-state index contributed by atoms with van der Waals surface area (Å²) in [5, 5.41) is 44.3. The molecule has 300 valence electrons. The van der Waals surface area contributed by atoms with Crippen LogP contribution in [0.3, 0.4) is 0 Å². The fourth-order valence-corrected chi connectivity index (χ4v) is 5.25. The van der Waals surface area contributed by atoms with Gasteiger partial charge in [0.15, 0.2) is 0 Å². The van der Waals surface area contributed by atoms with Crippen LogP contribution in [-0.4, -0.2) is 105 Å². The van der Waals surface area contributed by atoms with Gasteiger partial charge in [-0.2, -0.15) is 0 Å². The highest BCUT2D eigenvalue weighted by Gasteiger charge is 2.36. The number of benzene rings is 2. The van der Waals surface area contributed by atoms with E-state index in [2.05, 4.69) is 31.9 Å². The standard InChI is InChI=1S/C38H52N6O11/c1-20(2)30(43-28(45)18-25-15-11-8-12-16-25)36(52)41-26(19-29(46)47)35(51)39-23(6)34(50)44-31(32(48)21(3)4)37(53)40-22(5)33(49)42-27(38(54)55)17-24-13-9-7-10-14-24/h7-16,20-23,26-27,30-32,48H,17-19H2,1-6H3,(H,39,51)(H,40,53)(H,41,52)(H,42,49)(H,43,45)(H,44,50)(H,46,47)(H,54,55)/t22-,23+,26-,27+,30+,31-,32+/m1/s1. The normalized spacial score (nSPS) is 14.9. The molecule has 0 aromatic heterocycles. The third-order valence-electron chi connectivity index (χ3n) is 8.49. The summed E-state index contributed by atoms with van der Waals surface area (Å²) in [6.45, 7) is 8.93. The van der Waals surface area contributed by atoms with Crippen molar-refractivity contribution in [1.82, 2.24) is 31.9 Å². The van der Waals surface area contributed by atoms with Gasteiger partial charge in [-0.05, 0) is 36.8 Å². The Bertz CT molecular complexity index is 1650. The van der Waals surface area contributed by atoms with Crippen LogP contribution >= 0.6 is 0 Å². The lowest BCUT2D eigenvalue weighted by Gasteiger charge is -2.29. The number of carboxylic acids is 2. The van der Waals surface area contributed by atoms with E-state index in [4.69, 9.17) is 0 Å². The molecular weight excluding hydrogens is 716 g/mol. The van der Waals surface area contributed by atoms with Crippen LogP contribution in [0.4, 0.5) is 0 Å². The molecule has 2 aromatic carbocycles. The number of aliphatic hydroxyl groups excluding tert-OH is 1. The number of hydrogen-bond acceptors (Lipinski definition) is 9. The fraction of sp³-hybridized carbons (Fsp3) is 0.474. The lowest BCUT2D eigenvalue weighted by molar-refractivity contribution is -0.142. The van der Waals surface area contributed by atoms with Crippen molar-refractivity contribution in [3.05, 3.63) is 71.8 Å². The average molecular weight is 769 g/mol. The SMILES string of the molecule is CC(C)[C@H](NC(=O)Cc1ccccc1)C(=O)N[C@H](CC(=O)O)C(=O)N[C@@H](C)C(=O)N[C@@H](C(=O)N[C@H](C)C(=O)N[C@@H](Cc1ccccc1)C(=O)O)[C@@H](O)C(C)C. The maximum atomic E-state index is 13.3. The Hall–Kier alpha value is -5.84. The lowest BCUT2D eigenvalue weighted by atomic mass is 9.98. The molecule has 0 fully saturated rings. The number of nitrogens with one attached hydrogen (secondary N) is 6. The quantitative estimate of drug-likeness (QED) is 0.0793. The second-order valence-electron chi connectivity index (χ2n) is 13.9. The van der Waals surface area contributed by atoms with E-state index in [1.807, 2.05) is 0 Å². The molecule has 7 atom stereocenters. The van der Waals surface area contributed by atoms with Gasteiger partial charge < -0.3 is 47.2 Å². The summed E-state index contributed by atoms with van der Waals surface area (Å²) < 4.78 is 0. The Kier molecular flexibility index (Phi) is 17.9. The van der Waals surface area contributed by atoms with Crippen molar-refractivity contribution in [3.8, 4) is 0 Å². The second kappa shape index (κ2) is 21.8. The van der Waals surface area contributed by atoms with Crippen molar-refractivity contribution in [3.63, 3.8) is 0 Å². The zero-order chi connectivity index (χ0) is 41.4. The van der Waals surface area contributed by atoms with Crippen LogP contribution in [0.1, 0.15) is 59.1 Å². The van der Waals surface area contributed by atoms with E-state index < -0.39 is 108 Å². The van der Waals surface area contributed by atoms with Gasteiger partial charge in [-0.15, -0.1) is 0 Å². The molecule has 0 unspecified atom stereocenters. The van der Waals surface area contributed by atoms with Crippen LogP contribution in [0.2, 0.25) is 0 Å². The van der Waals surface area contributed by atoms with E-state index in [1.165, 1.54) is 13.8 Å². The summed E-state index contributed by atoms with van der Waals surface area (Å²) in [6, 6.07) is 8.80. The van der Waals surface area contributed by atoms with Crippen LogP contribution in [-0.2, 0) is 51.2 Å². The molecule has 0 aliphatic heterocycles.